The number of ether oxygens (including phenoxy) is 2. The highest BCUT2D eigenvalue weighted by molar-refractivity contribution is 5.91. The average molecular weight is 298 g/mol. The largest absolute Gasteiger partial charge is 0.454 e. The van der Waals surface area contributed by atoms with Crippen molar-refractivity contribution in [2.24, 2.45) is 0 Å². The lowest BCUT2D eigenvalue weighted by Gasteiger charge is -2.07. The Labute approximate surface area is 129 Å². The van der Waals surface area contributed by atoms with Gasteiger partial charge in [0.05, 0.1) is 0 Å². The molecule has 0 spiro atoms. The molecule has 0 aliphatic carbocycles. The van der Waals surface area contributed by atoms with E-state index in [1.807, 2.05) is 24.3 Å². The second-order valence-corrected chi connectivity index (χ2v) is 5.03. The molecule has 1 heterocycles. The fourth-order valence-electron chi connectivity index (χ4n) is 2.23. The molecule has 0 atom stereocenters. The summed E-state index contributed by atoms with van der Waals surface area (Å²) in [6.07, 6.45) is 0.418. The number of hydrogen-bond acceptors (Lipinski definition) is 4. The molecule has 2 aromatic rings. The second-order valence-electron chi connectivity index (χ2n) is 5.03. The molecule has 5 nitrogen and oxygen atoms in total. The van der Waals surface area contributed by atoms with Crippen LogP contribution in [0, 0.1) is 0 Å². The Kier molecular flexibility index (Phi) is 4.56. The lowest BCUT2D eigenvalue weighted by molar-refractivity contribution is -0.116. The van der Waals surface area contributed by atoms with Crippen LogP contribution in [0.5, 0.6) is 11.5 Å². The van der Waals surface area contributed by atoms with E-state index < -0.39 is 0 Å². The van der Waals surface area contributed by atoms with Crippen molar-refractivity contribution in [2.75, 3.05) is 18.7 Å². The zero-order valence-electron chi connectivity index (χ0n) is 12.2. The van der Waals surface area contributed by atoms with Crippen LogP contribution in [0.2, 0.25) is 0 Å². The van der Waals surface area contributed by atoms with Gasteiger partial charge in [-0.3, -0.25) is 4.79 Å². The number of benzene rings is 2. The third-order valence-electron chi connectivity index (χ3n) is 3.36. The first kappa shape index (κ1) is 14.4. The Morgan fingerprint density at radius 2 is 1.86 bits per heavy atom. The van der Waals surface area contributed by atoms with Crippen molar-refractivity contribution in [1.82, 2.24) is 5.32 Å². The number of hydrogen-bond donors (Lipinski definition) is 2. The van der Waals surface area contributed by atoms with Crippen LogP contribution in [-0.4, -0.2) is 19.2 Å². The van der Waals surface area contributed by atoms with E-state index in [1.54, 1.807) is 12.1 Å². The number of fused-ring (bicyclic) bond motifs is 1. The monoisotopic (exact) mass is 298 g/mol. The Bertz CT molecular complexity index is 644. The third-order valence-corrected chi connectivity index (χ3v) is 3.36. The van der Waals surface area contributed by atoms with Crippen molar-refractivity contribution in [1.29, 1.82) is 0 Å². The Balaban J connectivity index is 1.41. The van der Waals surface area contributed by atoms with Gasteiger partial charge in [-0.2, -0.15) is 0 Å². The van der Waals surface area contributed by atoms with E-state index in [2.05, 4.69) is 22.8 Å². The van der Waals surface area contributed by atoms with Gasteiger partial charge < -0.3 is 20.1 Å². The fraction of sp³-hybridized carbons (Fsp3) is 0.235. The molecule has 0 radical (unpaired) electrons. The van der Waals surface area contributed by atoms with Crippen LogP contribution in [0.4, 0.5) is 5.69 Å². The van der Waals surface area contributed by atoms with Crippen LogP contribution in [0.1, 0.15) is 12.0 Å². The molecule has 0 unspecified atom stereocenters. The van der Waals surface area contributed by atoms with Crippen molar-refractivity contribution in [3.63, 3.8) is 0 Å². The van der Waals surface area contributed by atoms with Gasteiger partial charge in [-0.1, -0.05) is 30.3 Å². The van der Waals surface area contributed by atoms with E-state index in [0.717, 1.165) is 12.2 Å². The molecule has 2 aromatic carbocycles. The summed E-state index contributed by atoms with van der Waals surface area (Å²) in [6, 6.07) is 15.5. The molecule has 0 saturated carbocycles. The maximum atomic E-state index is 11.9. The van der Waals surface area contributed by atoms with E-state index in [4.69, 9.17) is 9.47 Å². The molecule has 1 aliphatic heterocycles. The molecule has 0 bridgehead atoms. The molecular formula is C17H18N2O3. The molecule has 0 saturated heterocycles. The fourth-order valence-corrected chi connectivity index (χ4v) is 2.23. The molecule has 0 fully saturated rings. The van der Waals surface area contributed by atoms with Gasteiger partial charge in [-0.25, -0.2) is 0 Å². The topological polar surface area (TPSA) is 59.6 Å². The standard InChI is InChI=1S/C17H18N2O3/c20-17(8-9-18-11-13-4-2-1-3-5-13)19-14-6-7-15-16(10-14)22-12-21-15/h1-7,10,18H,8-9,11-12H2,(H,19,20). The molecule has 22 heavy (non-hydrogen) atoms. The van der Waals surface area contributed by atoms with Crippen LogP contribution < -0.4 is 20.1 Å². The summed E-state index contributed by atoms with van der Waals surface area (Å²) in [5.41, 5.74) is 1.93. The normalized spacial score (nSPS) is 12.2. The number of amides is 1. The Hall–Kier alpha value is -2.53. The Morgan fingerprint density at radius 1 is 1.05 bits per heavy atom. The minimum atomic E-state index is -0.0283. The Morgan fingerprint density at radius 3 is 2.73 bits per heavy atom. The summed E-state index contributed by atoms with van der Waals surface area (Å²) in [4.78, 5) is 11.9. The number of carbonyl (C=O) groups is 1. The van der Waals surface area contributed by atoms with Crippen molar-refractivity contribution in [3.8, 4) is 11.5 Å². The predicted octanol–water partition coefficient (Wildman–Crippen LogP) is 2.53. The third kappa shape index (κ3) is 3.77. The summed E-state index contributed by atoms with van der Waals surface area (Å²) in [5.74, 6) is 1.35. The molecule has 1 amide bonds. The summed E-state index contributed by atoms with van der Waals surface area (Å²) in [6.45, 7) is 1.62. The van der Waals surface area contributed by atoms with Crippen LogP contribution in [0.25, 0.3) is 0 Å². The van der Waals surface area contributed by atoms with Crippen molar-refractivity contribution >= 4 is 11.6 Å². The first-order valence-corrected chi connectivity index (χ1v) is 7.25. The van der Waals surface area contributed by atoms with Crippen LogP contribution in [0.15, 0.2) is 48.5 Å². The van der Waals surface area contributed by atoms with Crippen molar-refractivity contribution in [2.45, 2.75) is 13.0 Å². The summed E-state index contributed by atoms with van der Waals surface area (Å²) in [7, 11) is 0. The summed E-state index contributed by atoms with van der Waals surface area (Å²) in [5, 5.41) is 6.11. The SMILES string of the molecule is O=C(CCNCc1ccccc1)Nc1ccc2c(c1)OCO2. The first-order chi connectivity index (χ1) is 10.8. The maximum Gasteiger partial charge on any atom is 0.231 e. The van der Waals surface area contributed by atoms with E-state index in [1.165, 1.54) is 5.56 Å². The van der Waals surface area contributed by atoms with E-state index in [0.29, 0.717) is 24.5 Å². The molecule has 1 aliphatic rings. The molecular weight excluding hydrogens is 280 g/mol. The highest BCUT2D eigenvalue weighted by Gasteiger charge is 2.13. The van der Waals surface area contributed by atoms with Gasteiger partial charge in [0.15, 0.2) is 11.5 Å². The smallest absolute Gasteiger partial charge is 0.231 e. The molecule has 3 rings (SSSR count). The van der Waals surface area contributed by atoms with Gasteiger partial charge in [0.1, 0.15) is 0 Å². The van der Waals surface area contributed by atoms with Crippen LogP contribution >= 0.6 is 0 Å². The lowest BCUT2D eigenvalue weighted by atomic mass is 10.2. The second kappa shape index (κ2) is 6.95. The predicted molar refractivity (Wildman–Crippen MR) is 84.0 cm³/mol. The molecule has 0 aromatic heterocycles. The lowest BCUT2D eigenvalue weighted by Crippen LogP contribution is -2.21. The van der Waals surface area contributed by atoms with Crippen molar-refractivity contribution < 1.29 is 14.3 Å². The number of carbonyl (C=O) groups excluding carboxylic acids is 1. The van der Waals surface area contributed by atoms with Gasteiger partial charge in [-0.15, -0.1) is 0 Å². The van der Waals surface area contributed by atoms with Crippen LogP contribution in [0.3, 0.4) is 0 Å². The first-order valence-electron chi connectivity index (χ1n) is 7.25. The van der Waals surface area contributed by atoms with E-state index >= 15 is 0 Å². The number of nitrogens with one attached hydrogen (secondary N) is 2. The van der Waals surface area contributed by atoms with E-state index in [9.17, 15) is 4.79 Å². The van der Waals surface area contributed by atoms with Gasteiger partial charge in [0.2, 0.25) is 12.7 Å². The number of rotatable bonds is 6. The van der Waals surface area contributed by atoms with Crippen LogP contribution in [-0.2, 0) is 11.3 Å². The molecule has 5 heteroatoms. The maximum absolute atomic E-state index is 11.9. The highest BCUT2D eigenvalue weighted by atomic mass is 16.7. The highest BCUT2D eigenvalue weighted by Crippen LogP contribution is 2.34. The zero-order valence-corrected chi connectivity index (χ0v) is 12.2. The molecule has 2 N–H and O–H groups in total. The van der Waals surface area contributed by atoms with E-state index in [-0.39, 0.29) is 12.7 Å². The van der Waals surface area contributed by atoms with Gasteiger partial charge in [0, 0.05) is 31.3 Å². The minimum absolute atomic E-state index is 0.0283. The number of anilines is 1. The van der Waals surface area contributed by atoms with Gasteiger partial charge >= 0.3 is 0 Å². The minimum Gasteiger partial charge on any atom is -0.454 e. The summed E-state index contributed by atoms with van der Waals surface area (Å²) < 4.78 is 10.5. The zero-order chi connectivity index (χ0) is 15.2. The van der Waals surface area contributed by atoms with Gasteiger partial charge in [-0.05, 0) is 17.7 Å². The summed E-state index contributed by atoms with van der Waals surface area (Å²) >= 11 is 0. The quantitative estimate of drug-likeness (QED) is 0.805. The van der Waals surface area contributed by atoms with Crippen molar-refractivity contribution in [3.05, 3.63) is 54.1 Å². The van der Waals surface area contributed by atoms with Gasteiger partial charge in [0.25, 0.3) is 0 Å². The average Bonchev–Trinajstić information content (AvgIpc) is 3.00. The molecule has 114 valence electrons.